The summed E-state index contributed by atoms with van der Waals surface area (Å²) in [5.74, 6) is -0.530. The Labute approximate surface area is 88.7 Å². The first-order valence-corrected chi connectivity index (χ1v) is 4.76. The Morgan fingerprint density at radius 1 is 1.40 bits per heavy atom. The number of hydrogen-bond donors (Lipinski definition) is 2. The van der Waals surface area contributed by atoms with E-state index in [-0.39, 0.29) is 6.10 Å². The summed E-state index contributed by atoms with van der Waals surface area (Å²) in [5, 5.41) is 8.81. The van der Waals surface area contributed by atoms with Crippen LogP contribution < -0.4 is 10.5 Å². The highest BCUT2D eigenvalue weighted by molar-refractivity contribution is 5.76. The molecule has 15 heavy (non-hydrogen) atoms. The summed E-state index contributed by atoms with van der Waals surface area (Å²) in [6.07, 6.45) is -0.00727. The maximum Gasteiger partial charge on any atom is 0.325 e. The van der Waals surface area contributed by atoms with E-state index in [0.717, 1.165) is 0 Å². The molecule has 0 saturated carbocycles. The van der Waals surface area contributed by atoms with Gasteiger partial charge in [-0.25, -0.2) is 0 Å². The molecule has 0 aliphatic rings. The number of rotatable bonds is 4. The fourth-order valence-corrected chi connectivity index (χ4v) is 1.23. The van der Waals surface area contributed by atoms with Gasteiger partial charge in [0, 0.05) is 5.56 Å². The van der Waals surface area contributed by atoms with Crippen LogP contribution in [0.1, 0.15) is 25.5 Å². The lowest BCUT2D eigenvalue weighted by Crippen LogP contribution is -2.22. The lowest BCUT2D eigenvalue weighted by molar-refractivity contribution is -0.138. The molecule has 4 heteroatoms. The minimum atomic E-state index is -1.06. The van der Waals surface area contributed by atoms with E-state index >= 15 is 0 Å². The Balaban J connectivity index is 3.00. The van der Waals surface area contributed by atoms with Crippen molar-refractivity contribution in [2.24, 2.45) is 5.73 Å². The molecule has 0 bridgehead atoms. The van der Waals surface area contributed by atoms with Crippen LogP contribution in [0.4, 0.5) is 0 Å². The van der Waals surface area contributed by atoms with Crippen LogP contribution >= 0.6 is 0 Å². The lowest BCUT2D eigenvalue weighted by Gasteiger charge is -2.16. The van der Waals surface area contributed by atoms with E-state index < -0.39 is 12.0 Å². The average molecular weight is 209 g/mol. The van der Waals surface area contributed by atoms with Crippen LogP contribution in [-0.4, -0.2) is 17.2 Å². The standard InChI is InChI=1S/C11H15NO3/c1-7(2)15-9-6-4-3-5-8(9)10(12)11(13)14/h3-7,10H,12H2,1-2H3,(H,13,14). The first kappa shape index (κ1) is 11.5. The second kappa shape index (κ2) is 4.79. The van der Waals surface area contributed by atoms with Crippen LogP contribution in [0, 0.1) is 0 Å². The molecule has 0 spiro atoms. The predicted octanol–water partition coefficient (Wildman–Crippen LogP) is 1.56. The van der Waals surface area contributed by atoms with Crippen LogP contribution in [0.5, 0.6) is 5.75 Å². The summed E-state index contributed by atoms with van der Waals surface area (Å²) in [5.41, 5.74) is 6.03. The summed E-state index contributed by atoms with van der Waals surface area (Å²) < 4.78 is 5.47. The lowest BCUT2D eigenvalue weighted by atomic mass is 10.1. The zero-order valence-electron chi connectivity index (χ0n) is 8.81. The third kappa shape index (κ3) is 2.95. The normalized spacial score (nSPS) is 12.5. The van der Waals surface area contributed by atoms with Gasteiger partial charge in [-0.3, -0.25) is 4.79 Å². The zero-order valence-corrected chi connectivity index (χ0v) is 8.81. The molecule has 1 aromatic rings. The third-order valence-electron chi connectivity index (χ3n) is 1.88. The van der Waals surface area contributed by atoms with Crippen molar-refractivity contribution in [3.8, 4) is 5.75 Å². The molecule has 0 aliphatic heterocycles. The monoisotopic (exact) mass is 209 g/mol. The molecule has 1 rings (SSSR count). The first-order chi connectivity index (χ1) is 7.02. The third-order valence-corrected chi connectivity index (χ3v) is 1.88. The van der Waals surface area contributed by atoms with Gasteiger partial charge in [-0.05, 0) is 19.9 Å². The Hall–Kier alpha value is -1.55. The SMILES string of the molecule is CC(C)Oc1ccccc1C(N)C(=O)O. The molecule has 0 aromatic heterocycles. The summed E-state index contributed by atoms with van der Waals surface area (Å²) in [7, 11) is 0. The van der Waals surface area contributed by atoms with E-state index in [0.29, 0.717) is 11.3 Å². The zero-order chi connectivity index (χ0) is 11.4. The number of hydrogen-bond acceptors (Lipinski definition) is 3. The summed E-state index contributed by atoms with van der Waals surface area (Å²) in [6.45, 7) is 3.76. The molecular formula is C11H15NO3. The molecule has 3 N–H and O–H groups in total. The van der Waals surface area contributed by atoms with Crippen LogP contribution in [-0.2, 0) is 4.79 Å². The minimum Gasteiger partial charge on any atom is -0.491 e. The number of carboxylic acids is 1. The molecular weight excluding hydrogens is 194 g/mol. The highest BCUT2D eigenvalue weighted by Crippen LogP contribution is 2.24. The molecule has 82 valence electrons. The molecule has 4 nitrogen and oxygen atoms in total. The number of ether oxygens (including phenoxy) is 1. The van der Waals surface area contributed by atoms with E-state index in [9.17, 15) is 4.79 Å². The molecule has 0 amide bonds. The van der Waals surface area contributed by atoms with Crippen molar-refractivity contribution >= 4 is 5.97 Å². The maximum atomic E-state index is 10.8. The van der Waals surface area contributed by atoms with Crippen molar-refractivity contribution in [2.45, 2.75) is 26.0 Å². The van der Waals surface area contributed by atoms with E-state index in [1.54, 1.807) is 24.3 Å². The van der Waals surface area contributed by atoms with Crippen LogP contribution in [0.15, 0.2) is 24.3 Å². The van der Waals surface area contributed by atoms with Crippen molar-refractivity contribution in [3.63, 3.8) is 0 Å². The van der Waals surface area contributed by atoms with Gasteiger partial charge in [-0.2, -0.15) is 0 Å². The number of para-hydroxylation sites is 1. The Morgan fingerprint density at radius 2 is 2.00 bits per heavy atom. The van der Waals surface area contributed by atoms with Crippen LogP contribution in [0.3, 0.4) is 0 Å². The van der Waals surface area contributed by atoms with E-state index in [1.807, 2.05) is 13.8 Å². The molecule has 1 atom stereocenters. The van der Waals surface area contributed by atoms with Crippen LogP contribution in [0.25, 0.3) is 0 Å². The fourth-order valence-electron chi connectivity index (χ4n) is 1.23. The van der Waals surface area contributed by atoms with Gasteiger partial charge in [0.1, 0.15) is 11.8 Å². The average Bonchev–Trinajstić information content (AvgIpc) is 2.16. The molecule has 0 radical (unpaired) electrons. The number of nitrogens with two attached hydrogens (primary N) is 1. The van der Waals surface area contributed by atoms with Gasteiger partial charge in [0.25, 0.3) is 0 Å². The molecule has 0 aliphatic carbocycles. The fraction of sp³-hybridized carbons (Fsp3) is 0.364. The van der Waals surface area contributed by atoms with Crippen molar-refractivity contribution in [1.29, 1.82) is 0 Å². The number of benzene rings is 1. The van der Waals surface area contributed by atoms with Gasteiger partial charge in [0.2, 0.25) is 0 Å². The Bertz CT molecular complexity index is 349. The topological polar surface area (TPSA) is 72.5 Å². The van der Waals surface area contributed by atoms with Gasteiger partial charge in [-0.1, -0.05) is 18.2 Å². The Kier molecular flexibility index (Phi) is 3.68. The second-order valence-electron chi connectivity index (χ2n) is 3.52. The predicted molar refractivity (Wildman–Crippen MR) is 56.8 cm³/mol. The van der Waals surface area contributed by atoms with Crippen molar-refractivity contribution < 1.29 is 14.6 Å². The van der Waals surface area contributed by atoms with E-state index in [1.165, 1.54) is 0 Å². The largest absolute Gasteiger partial charge is 0.491 e. The van der Waals surface area contributed by atoms with Gasteiger partial charge in [0.05, 0.1) is 6.10 Å². The van der Waals surface area contributed by atoms with Gasteiger partial charge >= 0.3 is 5.97 Å². The second-order valence-corrected chi connectivity index (χ2v) is 3.52. The summed E-state index contributed by atoms with van der Waals surface area (Å²) >= 11 is 0. The van der Waals surface area contributed by atoms with Crippen molar-refractivity contribution in [1.82, 2.24) is 0 Å². The van der Waals surface area contributed by atoms with Gasteiger partial charge in [-0.15, -0.1) is 0 Å². The first-order valence-electron chi connectivity index (χ1n) is 4.76. The molecule has 1 unspecified atom stereocenters. The van der Waals surface area contributed by atoms with Crippen LogP contribution in [0.2, 0.25) is 0 Å². The smallest absolute Gasteiger partial charge is 0.325 e. The molecule has 0 heterocycles. The summed E-state index contributed by atoms with van der Waals surface area (Å²) in [6, 6.07) is 5.87. The maximum absolute atomic E-state index is 10.8. The van der Waals surface area contributed by atoms with E-state index in [4.69, 9.17) is 15.6 Å². The quantitative estimate of drug-likeness (QED) is 0.789. The molecule has 0 saturated heterocycles. The minimum absolute atomic E-state index is 0.00727. The number of carbonyl (C=O) groups is 1. The number of aliphatic carboxylic acids is 1. The highest BCUT2D eigenvalue weighted by Gasteiger charge is 2.18. The highest BCUT2D eigenvalue weighted by atomic mass is 16.5. The van der Waals surface area contributed by atoms with Gasteiger partial charge in [0.15, 0.2) is 0 Å². The van der Waals surface area contributed by atoms with Crippen molar-refractivity contribution in [3.05, 3.63) is 29.8 Å². The molecule has 1 aromatic carbocycles. The van der Waals surface area contributed by atoms with E-state index in [2.05, 4.69) is 0 Å². The molecule has 0 fully saturated rings. The Morgan fingerprint density at radius 3 is 2.53 bits per heavy atom. The summed E-state index contributed by atoms with van der Waals surface area (Å²) in [4.78, 5) is 10.8. The number of carboxylic acid groups (broad SMARTS) is 1. The van der Waals surface area contributed by atoms with Gasteiger partial charge < -0.3 is 15.6 Å². The van der Waals surface area contributed by atoms with Crippen molar-refractivity contribution in [2.75, 3.05) is 0 Å².